The number of hydrogen-bond donors (Lipinski definition) is 1. The van der Waals surface area contributed by atoms with E-state index in [2.05, 4.69) is 20.1 Å². The monoisotopic (exact) mass is 341 g/mol. The molecule has 10 heteroatoms. The number of ether oxygens (including phenoxy) is 1. The molecule has 0 aliphatic carbocycles. The first-order chi connectivity index (χ1) is 11.4. The molecule has 0 radical (unpaired) electrons. The number of hydrazone groups is 1. The molecule has 0 atom stereocenters. The van der Waals surface area contributed by atoms with Crippen molar-refractivity contribution in [2.45, 2.75) is 6.18 Å². The van der Waals surface area contributed by atoms with Gasteiger partial charge < -0.3 is 10.6 Å². The number of halogens is 4. The molecule has 0 fully saturated rings. The standard InChI is InChI=1S/C14H11F4N5O/c15-12-2-1-9(5-11(12)14(16,17)18)22-6-10(23-19)8-24-13-7-20-3-4-21-13/h1-7H,8,19H2. The molecule has 0 aliphatic rings. The topological polar surface area (TPSA) is 85.8 Å². The van der Waals surface area contributed by atoms with Crippen LogP contribution in [0.3, 0.4) is 0 Å². The Morgan fingerprint density at radius 2 is 2.08 bits per heavy atom. The number of nitrogens with zero attached hydrogens (tertiary/aromatic N) is 4. The van der Waals surface area contributed by atoms with Gasteiger partial charge in [0.1, 0.15) is 18.1 Å². The molecule has 6 nitrogen and oxygen atoms in total. The van der Waals surface area contributed by atoms with Crippen molar-refractivity contribution < 1.29 is 22.3 Å². The van der Waals surface area contributed by atoms with Crippen LogP contribution in [0, 0.1) is 5.82 Å². The molecule has 0 aliphatic heterocycles. The number of benzene rings is 1. The summed E-state index contributed by atoms with van der Waals surface area (Å²) in [6, 6.07) is 2.37. The Hall–Kier alpha value is -3.04. The van der Waals surface area contributed by atoms with Crippen molar-refractivity contribution in [3.63, 3.8) is 0 Å². The van der Waals surface area contributed by atoms with E-state index in [0.717, 1.165) is 12.3 Å². The first-order valence-electron chi connectivity index (χ1n) is 6.46. The first kappa shape index (κ1) is 17.3. The van der Waals surface area contributed by atoms with Gasteiger partial charge in [0.05, 0.1) is 23.7 Å². The summed E-state index contributed by atoms with van der Waals surface area (Å²) in [5, 5.41) is 3.40. The molecule has 1 aromatic carbocycles. The van der Waals surface area contributed by atoms with Crippen molar-refractivity contribution >= 4 is 17.6 Å². The summed E-state index contributed by atoms with van der Waals surface area (Å²) in [7, 11) is 0. The number of alkyl halides is 3. The molecular formula is C14H11F4N5O. The lowest BCUT2D eigenvalue weighted by molar-refractivity contribution is -0.139. The molecule has 0 saturated carbocycles. The van der Waals surface area contributed by atoms with Crippen molar-refractivity contribution in [2.75, 3.05) is 6.61 Å². The lowest BCUT2D eigenvalue weighted by Crippen LogP contribution is -2.15. The summed E-state index contributed by atoms with van der Waals surface area (Å²) in [6.07, 6.45) is 0.541. The third-order valence-corrected chi connectivity index (χ3v) is 2.69. The zero-order valence-corrected chi connectivity index (χ0v) is 12.0. The SMILES string of the molecule is NN=C(C=Nc1ccc(F)c(C(F)(F)F)c1)COc1cnccn1. The number of nitrogens with two attached hydrogens (primary N) is 1. The van der Waals surface area contributed by atoms with Crippen LogP contribution in [0.2, 0.25) is 0 Å². The van der Waals surface area contributed by atoms with E-state index in [1.165, 1.54) is 18.6 Å². The predicted molar refractivity (Wildman–Crippen MR) is 78.7 cm³/mol. The summed E-state index contributed by atoms with van der Waals surface area (Å²) >= 11 is 0. The van der Waals surface area contributed by atoms with Gasteiger partial charge in [-0.25, -0.2) is 9.37 Å². The van der Waals surface area contributed by atoms with Crippen LogP contribution in [-0.4, -0.2) is 28.5 Å². The molecule has 0 spiro atoms. The summed E-state index contributed by atoms with van der Waals surface area (Å²) < 4.78 is 56.3. The lowest BCUT2D eigenvalue weighted by Gasteiger charge is -2.08. The van der Waals surface area contributed by atoms with E-state index in [-0.39, 0.29) is 23.9 Å². The van der Waals surface area contributed by atoms with Crippen LogP contribution < -0.4 is 10.6 Å². The fourth-order valence-corrected chi connectivity index (χ4v) is 1.58. The molecule has 2 N–H and O–H groups in total. The molecule has 1 aromatic heterocycles. The summed E-state index contributed by atoms with van der Waals surface area (Å²) in [5.74, 6) is 4.01. The molecule has 24 heavy (non-hydrogen) atoms. The van der Waals surface area contributed by atoms with Crippen molar-refractivity contribution in [2.24, 2.45) is 15.9 Å². The average molecular weight is 341 g/mol. The molecular weight excluding hydrogens is 330 g/mol. The molecule has 1 heterocycles. The number of rotatable bonds is 5. The highest BCUT2D eigenvalue weighted by Gasteiger charge is 2.34. The van der Waals surface area contributed by atoms with Gasteiger partial charge in [0, 0.05) is 12.4 Å². The van der Waals surface area contributed by atoms with E-state index in [4.69, 9.17) is 10.6 Å². The van der Waals surface area contributed by atoms with E-state index in [9.17, 15) is 17.6 Å². The lowest BCUT2D eigenvalue weighted by atomic mass is 10.2. The molecule has 2 rings (SSSR count). The minimum absolute atomic E-state index is 0.107. The van der Waals surface area contributed by atoms with Crippen molar-refractivity contribution in [3.8, 4) is 5.88 Å². The highest BCUT2D eigenvalue weighted by molar-refractivity contribution is 6.31. The Morgan fingerprint density at radius 3 is 2.71 bits per heavy atom. The van der Waals surface area contributed by atoms with Gasteiger partial charge >= 0.3 is 6.18 Å². The zero-order chi connectivity index (χ0) is 17.6. The van der Waals surface area contributed by atoms with Crippen LogP contribution in [0.1, 0.15) is 5.56 Å². The first-order valence-corrected chi connectivity index (χ1v) is 6.46. The third kappa shape index (κ3) is 4.73. The third-order valence-electron chi connectivity index (χ3n) is 2.69. The Bertz CT molecular complexity index is 747. The second kappa shape index (κ2) is 7.49. The molecule has 2 aromatic rings. The van der Waals surface area contributed by atoms with Gasteiger partial charge in [0.15, 0.2) is 0 Å². The van der Waals surface area contributed by atoms with E-state index in [1.807, 2.05) is 0 Å². The van der Waals surface area contributed by atoms with Crippen molar-refractivity contribution in [1.82, 2.24) is 9.97 Å². The van der Waals surface area contributed by atoms with Gasteiger partial charge in [-0.3, -0.25) is 9.98 Å². The second-order valence-corrected chi connectivity index (χ2v) is 4.37. The summed E-state index contributed by atoms with van der Waals surface area (Å²) in [5.41, 5.74) is -1.37. The minimum Gasteiger partial charge on any atom is -0.470 e. The normalized spacial score (nSPS) is 12.6. The summed E-state index contributed by atoms with van der Waals surface area (Å²) in [4.78, 5) is 11.4. The van der Waals surface area contributed by atoms with Crippen molar-refractivity contribution in [3.05, 3.63) is 48.2 Å². The average Bonchev–Trinajstić information content (AvgIpc) is 2.56. The second-order valence-electron chi connectivity index (χ2n) is 4.37. The Kier molecular flexibility index (Phi) is 5.40. The predicted octanol–water partition coefficient (Wildman–Crippen LogP) is 2.73. The smallest absolute Gasteiger partial charge is 0.419 e. The van der Waals surface area contributed by atoms with Gasteiger partial charge in [0.2, 0.25) is 5.88 Å². The maximum Gasteiger partial charge on any atom is 0.419 e. The number of aromatic nitrogens is 2. The van der Waals surface area contributed by atoms with Gasteiger partial charge in [-0.15, -0.1) is 0 Å². The quantitative estimate of drug-likeness (QED) is 0.392. The van der Waals surface area contributed by atoms with E-state index < -0.39 is 17.6 Å². The van der Waals surface area contributed by atoms with Crippen LogP contribution in [0.5, 0.6) is 5.88 Å². The van der Waals surface area contributed by atoms with E-state index >= 15 is 0 Å². The fourth-order valence-electron chi connectivity index (χ4n) is 1.58. The Labute approximate surface area is 133 Å². The Balaban J connectivity index is 2.08. The van der Waals surface area contributed by atoms with Gasteiger partial charge in [-0.2, -0.15) is 18.3 Å². The van der Waals surface area contributed by atoms with Gasteiger partial charge in [-0.1, -0.05) is 0 Å². The van der Waals surface area contributed by atoms with Crippen LogP contribution in [-0.2, 0) is 6.18 Å². The molecule has 126 valence electrons. The summed E-state index contributed by atoms with van der Waals surface area (Å²) in [6.45, 7) is -0.119. The Morgan fingerprint density at radius 1 is 1.29 bits per heavy atom. The van der Waals surface area contributed by atoms with E-state index in [0.29, 0.717) is 12.1 Å². The fraction of sp³-hybridized carbons (Fsp3) is 0.143. The van der Waals surface area contributed by atoms with Crippen molar-refractivity contribution in [1.29, 1.82) is 0 Å². The van der Waals surface area contributed by atoms with Crippen LogP contribution in [0.4, 0.5) is 23.2 Å². The zero-order valence-electron chi connectivity index (χ0n) is 12.0. The highest BCUT2D eigenvalue weighted by Crippen LogP contribution is 2.33. The molecule has 0 unspecified atom stereocenters. The number of hydrogen-bond acceptors (Lipinski definition) is 6. The molecule has 0 bridgehead atoms. The van der Waals surface area contributed by atoms with Crippen LogP contribution >= 0.6 is 0 Å². The van der Waals surface area contributed by atoms with Gasteiger partial charge in [-0.05, 0) is 18.2 Å². The van der Waals surface area contributed by atoms with Crippen LogP contribution in [0.15, 0.2) is 46.9 Å². The van der Waals surface area contributed by atoms with Gasteiger partial charge in [0.25, 0.3) is 0 Å². The highest BCUT2D eigenvalue weighted by atomic mass is 19.4. The van der Waals surface area contributed by atoms with Crippen LogP contribution in [0.25, 0.3) is 0 Å². The maximum atomic E-state index is 13.2. The minimum atomic E-state index is -4.81. The molecule has 0 amide bonds. The molecule has 0 saturated heterocycles. The largest absolute Gasteiger partial charge is 0.470 e. The van der Waals surface area contributed by atoms with E-state index in [1.54, 1.807) is 0 Å². The number of aliphatic imine (C=N–C) groups is 1. The maximum absolute atomic E-state index is 13.2.